The van der Waals surface area contributed by atoms with Crippen LogP contribution in [0.4, 0.5) is 0 Å². The molecule has 1 aliphatic rings. The average molecular weight is 462 g/mol. The number of carbonyl (C=O) groups excluding carboxylic acids is 1. The maximum absolute atomic E-state index is 13.5. The zero-order valence-corrected chi connectivity index (χ0v) is 19.7. The summed E-state index contributed by atoms with van der Waals surface area (Å²) < 4.78 is 40.7. The molecule has 1 amide bonds. The number of carbonyl (C=O) groups is 1. The van der Waals surface area contributed by atoms with Gasteiger partial charge in [0.05, 0.1) is 32.3 Å². The van der Waals surface area contributed by atoms with Crippen molar-refractivity contribution >= 4 is 15.7 Å². The summed E-state index contributed by atoms with van der Waals surface area (Å²) in [6.45, 7) is 2.94. The third-order valence-electron chi connectivity index (χ3n) is 5.56. The van der Waals surface area contributed by atoms with Crippen molar-refractivity contribution in [2.75, 3.05) is 32.3 Å². The van der Waals surface area contributed by atoms with Crippen LogP contribution in [0.25, 0.3) is 0 Å². The molecular weight excluding hydrogens is 430 g/mol. The Hall–Kier alpha value is -2.74. The number of sulfone groups is 1. The molecule has 0 saturated carbocycles. The highest BCUT2D eigenvalue weighted by molar-refractivity contribution is 7.91. The van der Waals surface area contributed by atoms with Gasteiger partial charge in [-0.2, -0.15) is 0 Å². The summed E-state index contributed by atoms with van der Waals surface area (Å²) in [4.78, 5) is 15.2. The van der Waals surface area contributed by atoms with Crippen LogP contribution in [0.1, 0.15) is 42.1 Å². The van der Waals surface area contributed by atoms with Crippen molar-refractivity contribution in [3.8, 4) is 17.2 Å². The molecule has 32 heavy (non-hydrogen) atoms. The number of ether oxygens (including phenoxy) is 3. The van der Waals surface area contributed by atoms with Gasteiger partial charge in [0.1, 0.15) is 5.75 Å². The Labute approximate surface area is 190 Å². The van der Waals surface area contributed by atoms with Crippen LogP contribution in [0.2, 0.25) is 0 Å². The largest absolute Gasteiger partial charge is 0.494 e. The Kier molecular flexibility index (Phi) is 8.01. The van der Waals surface area contributed by atoms with Gasteiger partial charge < -0.3 is 19.1 Å². The molecule has 3 rings (SSSR count). The van der Waals surface area contributed by atoms with Crippen LogP contribution < -0.4 is 14.2 Å². The molecule has 0 bridgehead atoms. The molecule has 0 radical (unpaired) electrons. The highest BCUT2D eigenvalue weighted by atomic mass is 32.2. The molecule has 1 saturated heterocycles. The highest BCUT2D eigenvalue weighted by Gasteiger charge is 2.35. The van der Waals surface area contributed by atoms with Gasteiger partial charge in [-0.25, -0.2) is 8.42 Å². The van der Waals surface area contributed by atoms with E-state index in [4.69, 9.17) is 14.2 Å². The third-order valence-corrected chi connectivity index (χ3v) is 7.31. The molecular formula is C24H31NO6S. The van der Waals surface area contributed by atoms with Gasteiger partial charge in [0.2, 0.25) is 0 Å². The summed E-state index contributed by atoms with van der Waals surface area (Å²) in [6.07, 6.45) is 2.38. The van der Waals surface area contributed by atoms with Gasteiger partial charge in [-0.05, 0) is 48.7 Å². The number of amides is 1. The second-order valence-electron chi connectivity index (χ2n) is 7.91. The summed E-state index contributed by atoms with van der Waals surface area (Å²) in [7, 11) is -0.0428. The minimum atomic E-state index is -3.16. The van der Waals surface area contributed by atoms with Crippen LogP contribution in [-0.2, 0) is 16.4 Å². The number of hydrogen-bond donors (Lipinski definition) is 0. The predicted octanol–water partition coefficient (Wildman–Crippen LogP) is 3.71. The molecule has 1 atom stereocenters. The Morgan fingerprint density at radius 3 is 2.53 bits per heavy atom. The molecule has 0 spiro atoms. The minimum absolute atomic E-state index is 0.0290. The maximum Gasteiger partial charge on any atom is 0.254 e. The normalized spacial score (nSPS) is 17.0. The van der Waals surface area contributed by atoms with E-state index in [-0.39, 0.29) is 30.0 Å². The molecule has 7 nitrogen and oxygen atoms in total. The monoisotopic (exact) mass is 461 g/mol. The summed E-state index contributed by atoms with van der Waals surface area (Å²) in [5, 5.41) is 0. The first-order valence-electron chi connectivity index (χ1n) is 10.8. The Morgan fingerprint density at radius 2 is 1.88 bits per heavy atom. The van der Waals surface area contributed by atoms with Crippen molar-refractivity contribution in [1.82, 2.24) is 4.90 Å². The first-order valence-corrected chi connectivity index (χ1v) is 12.6. The number of rotatable bonds is 10. The second-order valence-corrected chi connectivity index (χ2v) is 10.1. The molecule has 1 aliphatic heterocycles. The smallest absolute Gasteiger partial charge is 0.254 e. The van der Waals surface area contributed by atoms with Gasteiger partial charge in [0.25, 0.3) is 5.91 Å². The van der Waals surface area contributed by atoms with Crippen LogP contribution in [0.5, 0.6) is 17.2 Å². The Morgan fingerprint density at radius 1 is 1.09 bits per heavy atom. The highest BCUT2D eigenvalue weighted by Crippen LogP contribution is 2.30. The van der Waals surface area contributed by atoms with Gasteiger partial charge in [-0.15, -0.1) is 0 Å². The van der Waals surface area contributed by atoms with Crippen LogP contribution in [-0.4, -0.2) is 57.6 Å². The van der Waals surface area contributed by atoms with Crippen molar-refractivity contribution < 1.29 is 27.4 Å². The third kappa shape index (κ3) is 5.94. The molecule has 8 heteroatoms. The van der Waals surface area contributed by atoms with Crippen molar-refractivity contribution in [2.24, 2.45) is 0 Å². The minimum Gasteiger partial charge on any atom is -0.494 e. The standard InChI is InChI=1S/C24H31NO6S/c1-4-5-12-31-21-8-6-7-19(15-21)24(26)25(20-11-13-32(27,28)17-20)16-18-9-10-22(29-2)23(14-18)30-3/h6-10,14-15,20H,4-5,11-13,16-17H2,1-3H3/t20-/m1/s1. The summed E-state index contributed by atoms with van der Waals surface area (Å²) in [5.41, 5.74) is 1.31. The van der Waals surface area contributed by atoms with Crippen LogP contribution in [0, 0.1) is 0 Å². The number of unbranched alkanes of at least 4 members (excludes halogenated alkanes) is 1. The van der Waals surface area contributed by atoms with E-state index in [1.165, 1.54) is 0 Å². The van der Waals surface area contributed by atoms with Crippen LogP contribution in [0.15, 0.2) is 42.5 Å². The predicted molar refractivity (Wildman–Crippen MR) is 123 cm³/mol. The molecule has 0 unspecified atom stereocenters. The van der Waals surface area contributed by atoms with Gasteiger partial charge >= 0.3 is 0 Å². The van der Waals surface area contributed by atoms with Crippen molar-refractivity contribution in [3.05, 3.63) is 53.6 Å². The first-order chi connectivity index (χ1) is 15.4. The molecule has 2 aromatic rings. The van der Waals surface area contributed by atoms with Gasteiger partial charge in [-0.3, -0.25) is 4.79 Å². The molecule has 1 fully saturated rings. The lowest BCUT2D eigenvalue weighted by molar-refractivity contribution is 0.0680. The first kappa shape index (κ1) is 23.9. The fourth-order valence-electron chi connectivity index (χ4n) is 3.78. The molecule has 2 aromatic carbocycles. The van der Waals surface area contributed by atoms with E-state index in [2.05, 4.69) is 6.92 Å². The Balaban J connectivity index is 1.88. The number of benzene rings is 2. The van der Waals surface area contributed by atoms with Crippen LogP contribution >= 0.6 is 0 Å². The van der Waals surface area contributed by atoms with Crippen molar-refractivity contribution in [2.45, 2.75) is 38.8 Å². The fourth-order valence-corrected chi connectivity index (χ4v) is 5.51. The quantitative estimate of drug-likeness (QED) is 0.502. The number of methoxy groups -OCH3 is 2. The van der Waals surface area contributed by atoms with Crippen LogP contribution in [0.3, 0.4) is 0 Å². The van der Waals surface area contributed by atoms with E-state index in [0.717, 1.165) is 18.4 Å². The van der Waals surface area contributed by atoms with E-state index in [1.54, 1.807) is 43.4 Å². The van der Waals surface area contributed by atoms with Gasteiger partial charge in [-0.1, -0.05) is 25.5 Å². The van der Waals surface area contributed by atoms with E-state index in [0.29, 0.717) is 35.8 Å². The number of hydrogen-bond acceptors (Lipinski definition) is 6. The van der Waals surface area contributed by atoms with Gasteiger partial charge in [0.15, 0.2) is 21.3 Å². The zero-order chi connectivity index (χ0) is 23.1. The molecule has 1 heterocycles. The lowest BCUT2D eigenvalue weighted by atomic mass is 10.1. The lowest BCUT2D eigenvalue weighted by Crippen LogP contribution is -2.40. The summed E-state index contributed by atoms with van der Waals surface area (Å²) in [6, 6.07) is 12.1. The van der Waals surface area contributed by atoms with Crippen molar-refractivity contribution in [3.63, 3.8) is 0 Å². The second kappa shape index (κ2) is 10.7. The van der Waals surface area contributed by atoms with E-state index in [1.807, 2.05) is 18.2 Å². The lowest BCUT2D eigenvalue weighted by Gasteiger charge is -2.29. The molecule has 0 aromatic heterocycles. The SMILES string of the molecule is CCCCOc1cccc(C(=O)N(Cc2ccc(OC)c(OC)c2)[C@@H]2CCS(=O)(=O)C2)c1. The zero-order valence-electron chi connectivity index (χ0n) is 18.9. The van der Waals surface area contributed by atoms with E-state index in [9.17, 15) is 13.2 Å². The average Bonchev–Trinajstić information content (AvgIpc) is 3.16. The fraction of sp³-hybridized carbons (Fsp3) is 0.458. The Bertz CT molecular complexity index is 1040. The van der Waals surface area contributed by atoms with E-state index < -0.39 is 9.84 Å². The maximum atomic E-state index is 13.5. The molecule has 174 valence electrons. The van der Waals surface area contributed by atoms with E-state index >= 15 is 0 Å². The molecule has 0 N–H and O–H groups in total. The summed E-state index contributed by atoms with van der Waals surface area (Å²) >= 11 is 0. The number of nitrogens with zero attached hydrogens (tertiary/aromatic N) is 1. The van der Waals surface area contributed by atoms with Crippen molar-refractivity contribution in [1.29, 1.82) is 0 Å². The molecule has 0 aliphatic carbocycles. The van der Waals surface area contributed by atoms with Gasteiger partial charge in [0, 0.05) is 18.2 Å². The topological polar surface area (TPSA) is 82.1 Å². The summed E-state index contributed by atoms with van der Waals surface area (Å²) in [5.74, 6) is 1.63.